The molecule has 2 rings (SSSR count). The number of carboxylic acid groups (broad SMARTS) is 1. The van der Waals surface area contributed by atoms with E-state index in [4.69, 9.17) is 5.11 Å². The Morgan fingerprint density at radius 1 is 1.62 bits per heavy atom. The predicted molar refractivity (Wildman–Crippen MR) is 63.9 cm³/mol. The van der Waals surface area contributed by atoms with Crippen LogP contribution in [0, 0.1) is 5.92 Å². The second kappa shape index (κ2) is 4.95. The average molecular weight is 239 g/mol. The summed E-state index contributed by atoms with van der Waals surface area (Å²) in [5.41, 5.74) is 1.23. The van der Waals surface area contributed by atoms with Crippen molar-refractivity contribution >= 4 is 17.3 Å². The molecule has 1 aromatic heterocycles. The maximum atomic E-state index is 10.7. The number of aromatic nitrogens is 1. The third kappa shape index (κ3) is 2.61. The van der Waals surface area contributed by atoms with Gasteiger partial charge in [-0.3, -0.25) is 4.79 Å². The highest BCUT2D eigenvalue weighted by Gasteiger charge is 2.23. The van der Waals surface area contributed by atoms with Gasteiger partial charge >= 0.3 is 5.97 Å². The first kappa shape index (κ1) is 11.6. The smallest absolute Gasteiger partial charge is 0.303 e. The molecule has 4 heteroatoms. The third-order valence-electron chi connectivity index (χ3n) is 3.01. The average Bonchev–Trinajstić information content (AvgIpc) is 2.59. The number of carboxylic acids is 1. The Hall–Kier alpha value is -0.900. The van der Waals surface area contributed by atoms with Crippen molar-refractivity contribution in [3.63, 3.8) is 0 Å². The molecule has 1 aliphatic carbocycles. The van der Waals surface area contributed by atoms with Gasteiger partial charge in [0.05, 0.1) is 10.7 Å². The zero-order valence-electron chi connectivity index (χ0n) is 9.53. The first-order valence-electron chi connectivity index (χ1n) is 5.88. The van der Waals surface area contributed by atoms with Gasteiger partial charge in [-0.15, -0.1) is 11.3 Å². The van der Waals surface area contributed by atoms with Crippen molar-refractivity contribution in [2.75, 3.05) is 0 Å². The van der Waals surface area contributed by atoms with Crippen LogP contribution in [0.1, 0.15) is 41.8 Å². The summed E-state index contributed by atoms with van der Waals surface area (Å²) in [6.45, 7) is 2.16. The van der Waals surface area contributed by atoms with E-state index in [2.05, 4.69) is 11.9 Å². The number of hydrogen-bond donors (Lipinski definition) is 1. The summed E-state index contributed by atoms with van der Waals surface area (Å²) >= 11 is 1.79. The molecule has 0 fully saturated rings. The van der Waals surface area contributed by atoms with Gasteiger partial charge in [0.1, 0.15) is 0 Å². The first-order chi connectivity index (χ1) is 7.69. The highest BCUT2D eigenvalue weighted by atomic mass is 32.1. The summed E-state index contributed by atoms with van der Waals surface area (Å²) in [5, 5.41) is 10.0. The topological polar surface area (TPSA) is 50.2 Å². The molecule has 1 N–H and O–H groups in total. The Kier molecular flexibility index (Phi) is 3.59. The highest BCUT2D eigenvalue weighted by Crippen LogP contribution is 2.31. The summed E-state index contributed by atoms with van der Waals surface area (Å²) < 4.78 is 0. The number of aryl methyl sites for hydroxylation is 2. The molecule has 1 heterocycles. The monoisotopic (exact) mass is 239 g/mol. The number of fused-ring (bicyclic) bond motifs is 1. The van der Waals surface area contributed by atoms with Gasteiger partial charge in [0.15, 0.2) is 0 Å². The minimum absolute atomic E-state index is 0.306. The Balaban J connectivity index is 2.05. The van der Waals surface area contributed by atoms with E-state index in [9.17, 15) is 4.79 Å². The van der Waals surface area contributed by atoms with Crippen LogP contribution < -0.4 is 0 Å². The summed E-state index contributed by atoms with van der Waals surface area (Å²) in [4.78, 5) is 16.6. The van der Waals surface area contributed by atoms with Crippen LogP contribution in [-0.2, 0) is 24.1 Å². The molecular weight excluding hydrogens is 222 g/mol. The van der Waals surface area contributed by atoms with Crippen molar-refractivity contribution in [3.05, 3.63) is 15.6 Å². The van der Waals surface area contributed by atoms with Gasteiger partial charge in [-0.05, 0) is 38.0 Å². The molecule has 1 aliphatic rings. The lowest BCUT2D eigenvalue weighted by Crippen LogP contribution is -2.16. The molecule has 0 aromatic carbocycles. The molecule has 3 nitrogen and oxygen atoms in total. The standard InChI is InChI=1S/C12H17NO2S/c1-2-3-11-13-9-5-4-8(7-12(14)15)6-10(9)16-11/h8H,2-7H2,1H3,(H,14,15). The second-order valence-corrected chi connectivity index (χ2v) is 5.60. The van der Waals surface area contributed by atoms with Gasteiger partial charge < -0.3 is 5.11 Å². The van der Waals surface area contributed by atoms with Crippen LogP contribution in [-0.4, -0.2) is 16.1 Å². The van der Waals surface area contributed by atoms with Crippen molar-refractivity contribution in [1.29, 1.82) is 0 Å². The van der Waals surface area contributed by atoms with Crippen molar-refractivity contribution in [1.82, 2.24) is 4.98 Å². The Morgan fingerprint density at radius 2 is 2.44 bits per heavy atom. The fourth-order valence-electron chi connectivity index (χ4n) is 2.24. The van der Waals surface area contributed by atoms with Crippen molar-refractivity contribution in [2.45, 2.75) is 45.4 Å². The number of nitrogens with zero attached hydrogens (tertiary/aromatic N) is 1. The molecule has 16 heavy (non-hydrogen) atoms. The van der Waals surface area contributed by atoms with Crippen LogP contribution >= 0.6 is 11.3 Å². The number of hydrogen-bond acceptors (Lipinski definition) is 3. The SMILES string of the molecule is CCCc1nc2c(s1)CC(CC(=O)O)CC2. The van der Waals surface area contributed by atoms with Gasteiger partial charge in [-0.2, -0.15) is 0 Å². The van der Waals surface area contributed by atoms with Crippen LogP contribution in [0.15, 0.2) is 0 Å². The molecular formula is C12H17NO2S. The molecule has 1 aromatic rings. The minimum Gasteiger partial charge on any atom is -0.481 e. The van der Waals surface area contributed by atoms with Crippen LogP contribution in [0.4, 0.5) is 0 Å². The first-order valence-corrected chi connectivity index (χ1v) is 6.70. The Bertz CT molecular complexity index is 386. The van der Waals surface area contributed by atoms with E-state index in [-0.39, 0.29) is 0 Å². The van der Waals surface area contributed by atoms with E-state index in [1.54, 1.807) is 11.3 Å². The normalized spacial score (nSPS) is 19.4. The van der Waals surface area contributed by atoms with E-state index in [1.165, 1.54) is 15.6 Å². The van der Waals surface area contributed by atoms with Gasteiger partial charge in [0, 0.05) is 11.3 Å². The van der Waals surface area contributed by atoms with E-state index in [0.717, 1.165) is 32.1 Å². The molecule has 88 valence electrons. The van der Waals surface area contributed by atoms with E-state index >= 15 is 0 Å². The summed E-state index contributed by atoms with van der Waals surface area (Å²) in [6.07, 6.45) is 5.36. The molecule has 1 atom stereocenters. The molecule has 0 radical (unpaired) electrons. The van der Waals surface area contributed by atoms with Gasteiger partial charge in [-0.1, -0.05) is 6.92 Å². The molecule has 0 saturated heterocycles. The third-order valence-corrected chi connectivity index (χ3v) is 4.19. The van der Waals surface area contributed by atoms with E-state index in [1.807, 2.05) is 0 Å². The zero-order valence-corrected chi connectivity index (χ0v) is 10.3. The summed E-state index contributed by atoms with van der Waals surface area (Å²) in [5.74, 6) is -0.355. The van der Waals surface area contributed by atoms with Crippen LogP contribution in [0.3, 0.4) is 0 Å². The van der Waals surface area contributed by atoms with Crippen molar-refractivity contribution in [2.24, 2.45) is 5.92 Å². The molecule has 0 saturated carbocycles. The predicted octanol–water partition coefficient (Wildman–Crippen LogP) is 2.68. The lowest BCUT2D eigenvalue weighted by atomic mass is 9.89. The fraction of sp³-hybridized carbons (Fsp3) is 0.667. The summed E-state index contributed by atoms with van der Waals surface area (Å²) in [6, 6.07) is 0. The van der Waals surface area contributed by atoms with Gasteiger partial charge in [0.2, 0.25) is 0 Å². The molecule has 0 aliphatic heterocycles. The molecule has 0 spiro atoms. The highest BCUT2D eigenvalue weighted by molar-refractivity contribution is 7.11. The Morgan fingerprint density at radius 3 is 3.12 bits per heavy atom. The number of aliphatic carboxylic acids is 1. The van der Waals surface area contributed by atoms with Crippen LogP contribution in [0.5, 0.6) is 0 Å². The fourth-order valence-corrected chi connectivity index (χ4v) is 3.57. The van der Waals surface area contributed by atoms with E-state index < -0.39 is 5.97 Å². The maximum absolute atomic E-state index is 10.7. The quantitative estimate of drug-likeness (QED) is 0.878. The Labute approximate surface area is 99.5 Å². The second-order valence-electron chi connectivity index (χ2n) is 4.43. The van der Waals surface area contributed by atoms with Crippen molar-refractivity contribution < 1.29 is 9.90 Å². The summed E-state index contributed by atoms with van der Waals surface area (Å²) in [7, 11) is 0. The number of carbonyl (C=O) groups is 1. The van der Waals surface area contributed by atoms with Crippen molar-refractivity contribution in [3.8, 4) is 0 Å². The minimum atomic E-state index is -0.674. The van der Waals surface area contributed by atoms with Crippen LogP contribution in [0.2, 0.25) is 0 Å². The van der Waals surface area contributed by atoms with E-state index in [0.29, 0.717) is 12.3 Å². The van der Waals surface area contributed by atoms with Gasteiger partial charge in [-0.25, -0.2) is 4.98 Å². The molecule has 0 bridgehead atoms. The number of rotatable bonds is 4. The lowest BCUT2D eigenvalue weighted by Gasteiger charge is -2.18. The number of thiazole rings is 1. The largest absolute Gasteiger partial charge is 0.481 e. The maximum Gasteiger partial charge on any atom is 0.303 e. The zero-order chi connectivity index (χ0) is 11.5. The lowest BCUT2D eigenvalue weighted by molar-refractivity contribution is -0.138. The molecule has 1 unspecified atom stereocenters. The van der Waals surface area contributed by atoms with Crippen LogP contribution in [0.25, 0.3) is 0 Å². The van der Waals surface area contributed by atoms with Gasteiger partial charge in [0.25, 0.3) is 0 Å². The molecule has 0 amide bonds.